The molecule has 1 atom stereocenters. The molecule has 3 nitrogen and oxygen atoms in total. The van der Waals surface area contributed by atoms with Crippen LogP contribution < -0.4 is 5.73 Å². The van der Waals surface area contributed by atoms with E-state index in [0.29, 0.717) is 11.6 Å². The van der Waals surface area contributed by atoms with Crippen LogP contribution in [0.2, 0.25) is 0 Å². The number of thiophene rings is 1. The van der Waals surface area contributed by atoms with E-state index in [1.54, 1.807) is 11.3 Å². The molecule has 0 aromatic carbocycles. The number of morpholine rings is 1. The molecule has 0 bridgehead atoms. The highest BCUT2D eigenvalue weighted by molar-refractivity contribution is 9.10. The number of thiocarbonyl (C=S) groups is 1. The summed E-state index contributed by atoms with van der Waals surface area (Å²) in [5.74, 6) is 0. The minimum absolute atomic E-state index is 0.0906. The van der Waals surface area contributed by atoms with Gasteiger partial charge in [0.25, 0.3) is 0 Å². The van der Waals surface area contributed by atoms with E-state index in [1.165, 1.54) is 4.88 Å². The molecule has 0 saturated carbocycles. The van der Waals surface area contributed by atoms with Crippen molar-refractivity contribution in [1.29, 1.82) is 0 Å². The van der Waals surface area contributed by atoms with Crippen LogP contribution in [0, 0.1) is 0 Å². The molecule has 1 aliphatic rings. The quantitative estimate of drug-likeness (QED) is 0.864. The van der Waals surface area contributed by atoms with Gasteiger partial charge in [0.05, 0.1) is 6.61 Å². The summed E-state index contributed by atoms with van der Waals surface area (Å²) in [4.78, 5) is 4.12. The van der Waals surface area contributed by atoms with Crippen molar-refractivity contribution in [3.8, 4) is 0 Å². The Hall–Kier alpha value is -0.0100. The first-order chi connectivity index (χ1) is 7.65. The third kappa shape index (κ3) is 3.24. The lowest BCUT2D eigenvalue weighted by Gasteiger charge is -2.31. The fourth-order valence-corrected chi connectivity index (χ4v) is 3.31. The monoisotopic (exact) mass is 320 g/mol. The summed E-state index contributed by atoms with van der Waals surface area (Å²) in [6.07, 6.45) is -0.0906. The number of halogens is 1. The Balaban J connectivity index is 1.92. The van der Waals surface area contributed by atoms with E-state index in [4.69, 9.17) is 22.7 Å². The van der Waals surface area contributed by atoms with Gasteiger partial charge in [0.1, 0.15) is 11.1 Å². The zero-order chi connectivity index (χ0) is 11.5. The molecule has 2 heterocycles. The molecule has 1 fully saturated rings. The van der Waals surface area contributed by atoms with Gasteiger partial charge in [-0.2, -0.15) is 0 Å². The van der Waals surface area contributed by atoms with Crippen LogP contribution in [0.25, 0.3) is 0 Å². The first-order valence-corrected chi connectivity index (χ1v) is 7.09. The SMILES string of the molecule is NC(=S)C1CN(Cc2cc(Br)cs2)CCO1. The zero-order valence-electron chi connectivity index (χ0n) is 8.69. The van der Waals surface area contributed by atoms with Crippen molar-refractivity contribution in [3.05, 3.63) is 20.8 Å². The molecule has 88 valence electrons. The molecule has 16 heavy (non-hydrogen) atoms. The molecule has 6 heteroatoms. The van der Waals surface area contributed by atoms with Gasteiger partial charge in [-0.25, -0.2) is 0 Å². The van der Waals surface area contributed by atoms with Crippen LogP contribution in [-0.4, -0.2) is 35.7 Å². The number of ether oxygens (including phenoxy) is 1. The molecule has 1 aliphatic heterocycles. The smallest absolute Gasteiger partial charge is 0.120 e. The minimum atomic E-state index is -0.0906. The van der Waals surface area contributed by atoms with E-state index < -0.39 is 0 Å². The fraction of sp³-hybridized carbons (Fsp3) is 0.500. The molecule has 1 aromatic heterocycles. The summed E-state index contributed by atoms with van der Waals surface area (Å²) in [7, 11) is 0. The predicted molar refractivity (Wildman–Crippen MR) is 73.8 cm³/mol. The number of rotatable bonds is 3. The van der Waals surface area contributed by atoms with Gasteiger partial charge in [-0.3, -0.25) is 4.90 Å². The van der Waals surface area contributed by atoms with Crippen molar-refractivity contribution in [1.82, 2.24) is 4.90 Å². The molecular weight excluding hydrogens is 308 g/mol. The topological polar surface area (TPSA) is 38.5 Å². The van der Waals surface area contributed by atoms with E-state index >= 15 is 0 Å². The Bertz CT molecular complexity index is 383. The van der Waals surface area contributed by atoms with Gasteiger partial charge < -0.3 is 10.5 Å². The normalized spacial score (nSPS) is 22.2. The van der Waals surface area contributed by atoms with Crippen LogP contribution in [0.1, 0.15) is 4.88 Å². The average Bonchev–Trinajstić information content (AvgIpc) is 2.64. The van der Waals surface area contributed by atoms with Gasteiger partial charge in [0, 0.05) is 34.4 Å². The average molecular weight is 321 g/mol. The summed E-state index contributed by atoms with van der Waals surface area (Å²) in [5.41, 5.74) is 5.60. The molecule has 2 N–H and O–H groups in total. The van der Waals surface area contributed by atoms with Crippen LogP contribution >= 0.6 is 39.5 Å². The summed E-state index contributed by atoms with van der Waals surface area (Å²) < 4.78 is 6.64. The summed E-state index contributed by atoms with van der Waals surface area (Å²) in [6, 6.07) is 2.15. The van der Waals surface area contributed by atoms with E-state index in [1.807, 2.05) is 0 Å². The molecule has 0 radical (unpaired) electrons. The maximum Gasteiger partial charge on any atom is 0.120 e. The van der Waals surface area contributed by atoms with Crippen molar-refractivity contribution in [2.24, 2.45) is 5.73 Å². The van der Waals surface area contributed by atoms with Crippen LogP contribution in [0.3, 0.4) is 0 Å². The number of hydrogen-bond donors (Lipinski definition) is 1. The molecular formula is C10H13BrN2OS2. The second-order valence-corrected chi connectivity index (χ2v) is 6.11. The van der Waals surface area contributed by atoms with Gasteiger partial charge in [-0.15, -0.1) is 11.3 Å². The van der Waals surface area contributed by atoms with Gasteiger partial charge in [-0.05, 0) is 22.0 Å². The summed E-state index contributed by atoms with van der Waals surface area (Å²) in [6.45, 7) is 3.38. The molecule has 1 unspecified atom stereocenters. The Morgan fingerprint density at radius 2 is 2.56 bits per heavy atom. The largest absolute Gasteiger partial charge is 0.391 e. The third-order valence-electron chi connectivity index (χ3n) is 2.47. The predicted octanol–water partition coefficient (Wildman–Crippen LogP) is 2.00. The standard InChI is InChI=1S/C10H13BrN2OS2/c11-7-3-8(16-6-7)4-13-1-2-14-9(5-13)10(12)15/h3,6,9H,1-2,4-5H2,(H2,12,15). The Labute approximate surface area is 113 Å². The lowest BCUT2D eigenvalue weighted by molar-refractivity contribution is 0.00428. The summed E-state index contributed by atoms with van der Waals surface area (Å²) >= 11 is 10.2. The van der Waals surface area contributed by atoms with Gasteiger partial charge in [-0.1, -0.05) is 12.2 Å². The minimum Gasteiger partial charge on any atom is -0.391 e. The van der Waals surface area contributed by atoms with Crippen molar-refractivity contribution < 1.29 is 4.74 Å². The Kier molecular flexibility index (Phi) is 4.32. The second kappa shape index (κ2) is 5.55. The van der Waals surface area contributed by atoms with Gasteiger partial charge in [0.2, 0.25) is 0 Å². The van der Waals surface area contributed by atoms with E-state index in [2.05, 4.69) is 32.3 Å². The van der Waals surface area contributed by atoms with Crippen molar-refractivity contribution in [3.63, 3.8) is 0 Å². The maximum absolute atomic E-state index is 5.60. The number of nitrogens with two attached hydrogens (primary N) is 1. The van der Waals surface area contributed by atoms with Crippen molar-refractivity contribution in [2.75, 3.05) is 19.7 Å². The van der Waals surface area contributed by atoms with Gasteiger partial charge in [0.15, 0.2) is 0 Å². The summed E-state index contributed by atoms with van der Waals surface area (Å²) in [5, 5.41) is 2.10. The first-order valence-electron chi connectivity index (χ1n) is 5.01. The highest BCUT2D eigenvalue weighted by Gasteiger charge is 2.22. The lowest BCUT2D eigenvalue weighted by Crippen LogP contribution is -2.47. The number of hydrogen-bond acceptors (Lipinski definition) is 4. The van der Waals surface area contributed by atoms with E-state index in [-0.39, 0.29) is 6.10 Å². The van der Waals surface area contributed by atoms with E-state index in [9.17, 15) is 0 Å². The highest BCUT2D eigenvalue weighted by atomic mass is 79.9. The Morgan fingerprint density at radius 1 is 1.75 bits per heavy atom. The highest BCUT2D eigenvalue weighted by Crippen LogP contribution is 2.22. The fourth-order valence-electron chi connectivity index (χ4n) is 1.68. The Morgan fingerprint density at radius 3 is 3.19 bits per heavy atom. The van der Waals surface area contributed by atoms with Crippen LogP contribution in [0.4, 0.5) is 0 Å². The maximum atomic E-state index is 5.60. The molecule has 0 spiro atoms. The van der Waals surface area contributed by atoms with Crippen molar-refractivity contribution >= 4 is 44.5 Å². The molecule has 0 amide bonds. The van der Waals surface area contributed by atoms with Crippen LogP contribution in [0.15, 0.2) is 15.9 Å². The van der Waals surface area contributed by atoms with Gasteiger partial charge >= 0.3 is 0 Å². The molecule has 1 aromatic rings. The first kappa shape index (κ1) is 12.4. The second-order valence-electron chi connectivity index (χ2n) is 3.73. The van der Waals surface area contributed by atoms with E-state index in [0.717, 1.165) is 24.1 Å². The van der Waals surface area contributed by atoms with Crippen LogP contribution in [0.5, 0.6) is 0 Å². The molecule has 2 rings (SSSR count). The van der Waals surface area contributed by atoms with Crippen molar-refractivity contribution in [2.45, 2.75) is 12.6 Å². The molecule has 0 aliphatic carbocycles. The number of nitrogens with zero attached hydrogens (tertiary/aromatic N) is 1. The molecule has 1 saturated heterocycles. The third-order valence-corrected chi connectivity index (χ3v) is 4.41. The lowest BCUT2D eigenvalue weighted by atomic mass is 10.2. The zero-order valence-corrected chi connectivity index (χ0v) is 11.9. The van der Waals surface area contributed by atoms with Crippen LogP contribution in [-0.2, 0) is 11.3 Å².